The van der Waals surface area contributed by atoms with Crippen LogP contribution in [-0.4, -0.2) is 35.7 Å². The quantitative estimate of drug-likeness (QED) is 0.723. The van der Waals surface area contributed by atoms with Crippen LogP contribution in [0.3, 0.4) is 0 Å². The number of rotatable bonds is 7. The lowest BCUT2D eigenvalue weighted by molar-refractivity contribution is 0.414. The van der Waals surface area contributed by atoms with Gasteiger partial charge in [-0.2, -0.15) is 0 Å². The lowest BCUT2D eigenvalue weighted by Crippen LogP contribution is -2.27. The van der Waals surface area contributed by atoms with Crippen LogP contribution >= 0.6 is 0 Å². The van der Waals surface area contributed by atoms with Crippen molar-refractivity contribution < 1.29 is 13.2 Å². The zero-order chi connectivity index (χ0) is 13.6. The Labute approximate surface area is 109 Å². The number of methoxy groups -OCH3 is 1. The zero-order valence-electron chi connectivity index (χ0n) is 11.0. The molecule has 0 atom stereocenters. The average Bonchev–Trinajstić information content (AvgIpc) is 2.34. The molecule has 0 aliphatic carbocycles. The summed E-state index contributed by atoms with van der Waals surface area (Å²) < 4.78 is 31.7. The third-order valence-corrected chi connectivity index (χ3v) is 4.19. The van der Waals surface area contributed by atoms with Gasteiger partial charge in [0.15, 0.2) is 0 Å². The molecule has 0 saturated carbocycles. The van der Waals surface area contributed by atoms with Gasteiger partial charge in [0.25, 0.3) is 0 Å². The van der Waals surface area contributed by atoms with E-state index in [1.54, 1.807) is 32.2 Å². The Morgan fingerprint density at radius 3 is 2.56 bits per heavy atom. The molecule has 0 aromatic heterocycles. The fourth-order valence-corrected chi connectivity index (χ4v) is 2.90. The van der Waals surface area contributed by atoms with E-state index in [0.29, 0.717) is 22.8 Å². The summed E-state index contributed by atoms with van der Waals surface area (Å²) in [6.07, 6.45) is 0.755. The third kappa shape index (κ3) is 3.97. The van der Waals surface area contributed by atoms with Gasteiger partial charge < -0.3 is 10.1 Å². The number of aryl methyl sites for hydroxylation is 1. The molecule has 0 aliphatic heterocycles. The molecule has 102 valence electrons. The van der Waals surface area contributed by atoms with E-state index in [1.807, 2.05) is 7.05 Å². The molecule has 0 bridgehead atoms. The van der Waals surface area contributed by atoms with Gasteiger partial charge in [-0.15, -0.1) is 0 Å². The molecule has 1 aromatic rings. The van der Waals surface area contributed by atoms with Crippen molar-refractivity contribution in [3.05, 3.63) is 23.8 Å². The number of nitrogens with one attached hydrogen (secondary N) is 2. The van der Waals surface area contributed by atoms with Crippen LogP contribution in [0.5, 0.6) is 5.75 Å². The Balaban J connectivity index is 2.78. The van der Waals surface area contributed by atoms with E-state index in [-0.39, 0.29) is 0 Å². The second-order valence-electron chi connectivity index (χ2n) is 3.99. The summed E-state index contributed by atoms with van der Waals surface area (Å²) in [4.78, 5) is 0.299. The fourth-order valence-electron chi connectivity index (χ4n) is 1.60. The van der Waals surface area contributed by atoms with Crippen molar-refractivity contribution in [2.24, 2.45) is 0 Å². The largest absolute Gasteiger partial charge is 0.497 e. The van der Waals surface area contributed by atoms with E-state index >= 15 is 0 Å². The highest BCUT2D eigenvalue weighted by Crippen LogP contribution is 2.20. The molecule has 1 rings (SSSR count). The molecular weight excluding hydrogens is 252 g/mol. The minimum atomic E-state index is -3.43. The van der Waals surface area contributed by atoms with Crippen molar-refractivity contribution in [1.29, 1.82) is 0 Å². The highest BCUT2D eigenvalue weighted by molar-refractivity contribution is 7.89. The SMILES string of the molecule is CNCCCNS(=O)(=O)c1ccc(OC)cc1C. The van der Waals surface area contributed by atoms with Crippen LogP contribution in [0.15, 0.2) is 23.1 Å². The number of hydrogen-bond acceptors (Lipinski definition) is 4. The Bertz CT molecular complexity index is 486. The van der Waals surface area contributed by atoms with Crippen molar-refractivity contribution in [3.8, 4) is 5.75 Å². The van der Waals surface area contributed by atoms with Gasteiger partial charge in [-0.05, 0) is 50.7 Å². The second-order valence-corrected chi connectivity index (χ2v) is 5.72. The van der Waals surface area contributed by atoms with Gasteiger partial charge in [0.2, 0.25) is 10.0 Å². The van der Waals surface area contributed by atoms with Gasteiger partial charge >= 0.3 is 0 Å². The summed E-state index contributed by atoms with van der Waals surface area (Å²) in [7, 11) is -0.0398. The van der Waals surface area contributed by atoms with Crippen LogP contribution in [0.4, 0.5) is 0 Å². The highest BCUT2D eigenvalue weighted by atomic mass is 32.2. The molecule has 0 aliphatic rings. The molecule has 0 unspecified atom stereocenters. The lowest BCUT2D eigenvalue weighted by atomic mass is 10.2. The maximum atomic E-state index is 12.0. The Morgan fingerprint density at radius 2 is 2.00 bits per heavy atom. The van der Waals surface area contributed by atoms with E-state index in [9.17, 15) is 8.42 Å². The first-order valence-electron chi connectivity index (χ1n) is 5.80. The van der Waals surface area contributed by atoms with E-state index in [4.69, 9.17) is 4.74 Å². The third-order valence-electron chi connectivity index (χ3n) is 2.57. The molecule has 1 aromatic carbocycles. The van der Waals surface area contributed by atoms with Gasteiger partial charge in [-0.3, -0.25) is 0 Å². The topological polar surface area (TPSA) is 67.4 Å². The van der Waals surface area contributed by atoms with Crippen LogP contribution in [-0.2, 0) is 10.0 Å². The number of benzene rings is 1. The predicted octanol–water partition coefficient (Wildman–Crippen LogP) is 0.891. The number of hydrogen-bond donors (Lipinski definition) is 2. The smallest absolute Gasteiger partial charge is 0.240 e. The van der Waals surface area contributed by atoms with Crippen LogP contribution in [0.2, 0.25) is 0 Å². The first kappa shape index (κ1) is 14.9. The van der Waals surface area contributed by atoms with Crippen LogP contribution < -0.4 is 14.8 Å². The summed E-state index contributed by atoms with van der Waals surface area (Å²) >= 11 is 0. The van der Waals surface area contributed by atoms with Crippen molar-refractivity contribution in [1.82, 2.24) is 10.0 Å². The average molecular weight is 272 g/mol. The summed E-state index contributed by atoms with van der Waals surface area (Å²) in [6.45, 7) is 2.96. The normalized spacial score (nSPS) is 11.5. The molecule has 18 heavy (non-hydrogen) atoms. The molecule has 0 radical (unpaired) electrons. The summed E-state index contributed by atoms with van der Waals surface area (Å²) in [5, 5.41) is 2.97. The van der Waals surface area contributed by atoms with Crippen molar-refractivity contribution in [2.75, 3.05) is 27.2 Å². The maximum absolute atomic E-state index is 12.0. The maximum Gasteiger partial charge on any atom is 0.240 e. The standard InChI is InChI=1S/C12H20N2O3S/c1-10-9-11(17-3)5-6-12(10)18(15,16)14-8-4-7-13-2/h5-6,9,13-14H,4,7-8H2,1-3H3. The Kier molecular flexibility index (Phi) is 5.58. The van der Waals surface area contributed by atoms with Crippen LogP contribution in [0.1, 0.15) is 12.0 Å². The molecule has 5 nitrogen and oxygen atoms in total. The van der Waals surface area contributed by atoms with E-state index in [1.165, 1.54) is 0 Å². The summed E-state index contributed by atoms with van der Waals surface area (Å²) in [5.41, 5.74) is 0.676. The monoisotopic (exact) mass is 272 g/mol. The highest BCUT2D eigenvalue weighted by Gasteiger charge is 2.16. The summed E-state index contributed by atoms with van der Waals surface area (Å²) in [5.74, 6) is 0.654. The van der Waals surface area contributed by atoms with Crippen molar-refractivity contribution in [2.45, 2.75) is 18.2 Å². The molecule has 0 saturated heterocycles. The molecule has 0 spiro atoms. The van der Waals surface area contributed by atoms with Gasteiger partial charge in [0, 0.05) is 6.54 Å². The minimum Gasteiger partial charge on any atom is -0.497 e. The second kappa shape index (κ2) is 6.72. The van der Waals surface area contributed by atoms with Crippen molar-refractivity contribution >= 4 is 10.0 Å². The number of ether oxygens (including phenoxy) is 1. The van der Waals surface area contributed by atoms with E-state index < -0.39 is 10.0 Å². The molecule has 0 fully saturated rings. The Morgan fingerprint density at radius 1 is 1.28 bits per heavy atom. The molecule has 0 amide bonds. The van der Waals surface area contributed by atoms with E-state index in [0.717, 1.165) is 13.0 Å². The molecular formula is C12H20N2O3S. The molecule has 2 N–H and O–H groups in total. The Hall–Kier alpha value is -1.11. The van der Waals surface area contributed by atoms with E-state index in [2.05, 4.69) is 10.0 Å². The van der Waals surface area contributed by atoms with Crippen LogP contribution in [0.25, 0.3) is 0 Å². The summed E-state index contributed by atoms with van der Waals surface area (Å²) in [6, 6.07) is 4.92. The van der Waals surface area contributed by atoms with Gasteiger partial charge in [0.1, 0.15) is 5.75 Å². The predicted molar refractivity (Wildman–Crippen MR) is 71.5 cm³/mol. The number of sulfonamides is 1. The van der Waals surface area contributed by atoms with Gasteiger partial charge in [0.05, 0.1) is 12.0 Å². The van der Waals surface area contributed by atoms with Gasteiger partial charge in [-0.25, -0.2) is 13.1 Å². The lowest BCUT2D eigenvalue weighted by Gasteiger charge is -2.10. The first-order chi connectivity index (χ1) is 8.51. The zero-order valence-corrected chi connectivity index (χ0v) is 11.8. The van der Waals surface area contributed by atoms with Gasteiger partial charge in [-0.1, -0.05) is 0 Å². The minimum absolute atomic E-state index is 0.299. The molecule has 6 heteroatoms. The first-order valence-corrected chi connectivity index (χ1v) is 7.28. The van der Waals surface area contributed by atoms with Crippen molar-refractivity contribution in [3.63, 3.8) is 0 Å². The molecule has 0 heterocycles. The fraction of sp³-hybridized carbons (Fsp3) is 0.500. The van der Waals surface area contributed by atoms with Crippen LogP contribution in [0, 0.1) is 6.92 Å².